The predicted octanol–water partition coefficient (Wildman–Crippen LogP) is 3.53. The third-order valence-corrected chi connectivity index (χ3v) is 4.86. The molecule has 2 aromatic rings. The van der Waals surface area contributed by atoms with E-state index in [1.165, 1.54) is 16.9 Å². The van der Waals surface area contributed by atoms with Crippen LogP contribution in [0.2, 0.25) is 0 Å². The second-order valence-electron chi connectivity index (χ2n) is 5.69. The van der Waals surface area contributed by atoms with Crippen molar-refractivity contribution in [3.05, 3.63) is 47.0 Å². The minimum absolute atomic E-state index is 0.199. The molecule has 6 heteroatoms. The molecule has 1 atom stereocenters. The summed E-state index contributed by atoms with van der Waals surface area (Å²) in [6, 6.07) is 10.5. The van der Waals surface area contributed by atoms with Crippen molar-refractivity contribution in [1.29, 1.82) is 0 Å². The number of hydrogen-bond acceptors (Lipinski definition) is 4. The van der Waals surface area contributed by atoms with Crippen LogP contribution < -0.4 is 10.6 Å². The fourth-order valence-corrected chi connectivity index (χ4v) is 3.40. The minimum atomic E-state index is -0.199. The zero-order chi connectivity index (χ0) is 17.4. The lowest BCUT2D eigenvalue weighted by molar-refractivity contribution is 0.207. The van der Waals surface area contributed by atoms with Gasteiger partial charge in [0.1, 0.15) is 0 Å². The zero-order valence-corrected chi connectivity index (χ0v) is 15.4. The van der Waals surface area contributed by atoms with Crippen molar-refractivity contribution in [2.75, 3.05) is 25.0 Å². The van der Waals surface area contributed by atoms with Crippen LogP contribution in [0.1, 0.15) is 25.1 Å². The van der Waals surface area contributed by atoms with Gasteiger partial charge in [0.05, 0.1) is 5.69 Å². The molecule has 0 fully saturated rings. The number of benzene rings is 1. The van der Waals surface area contributed by atoms with E-state index in [-0.39, 0.29) is 12.1 Å². The first-order chi connectivity index (χ1) is 11.6. The largest absolute Gasteiger partial charge is 0.336 e. The number of carbonyl (C=O) groups excluding carboxylic acids is 1. The van der Waals surface area contributed by atoms with Gasteiger partial charge in [0.25, 0.3) is 0 Å². The molecule has 1 aromatic carbocycles. The van der Waals surface area contributed by atoms with Gasteiger partial charge in [-0.25, -0.2) is 9.78 Å². The lowest BCUT2D eigenvalue weighted by Crippen LogP contribution is -2.46. The summed E-state index contributed by atoms with van der Waals surface area (Å²) in [5, 5.41) is 8.33. The van der Waals surface area contributed by atoms with Crippen molar-refractivity contribution in [2.24, 2.45) is 0 Å². The Kier molecular flexibility index (Phi) is 7.21. The number of carbonyl (C=O) groups is 1. The summed E-state index contributed by atoms with van der Waals surface area (Å²) in [6.07, 6.45) is 0.916. The number of hydrogen-bond donors (Lipinski definition) is 2. The minimum Gasteiger partial charge on any atom is -0.336 e. The molecule has 0 saturated heterocycles. The van der Waals surface area contributed by atoms with Crippen molar-refractivity contribution in [3.63, 3.8) is 0 Å². The van der Waals surface area contributed by atoms with Gasteiger partial charge in [0.2, 0.25) is 0 Å². The van der Waals surface area contributed by atoms with Gasteiger partial charge in [0.15, 0.2) is 5.13 Å². The third-order valence-electron chi connectivity index (χ3n) is 3.98. The first-order valence-electron chi connectivity index (χ1n) is 8.37. The van der Waals surface area contributed by atoms with Crippen LogP contribution in [0.5, 0.6) is 0 Å². The summed E-state index contributed by atoms with van der Waals surface area (Å²) in [5.74, 6) is 0. The quantitative estimate of drug-likeness (QED) is 0.769. The van der Waals surface area contributed by atoms with Gasteiger partial charge in [-0.3, -0.25) is 10.2 Å². The van der Waals surface area contributed by atoms with E-state index in [0.29, 0.717) is 11.7 Å². The third kappa shape index (κ3) is 5.62. The van der Waals surface area contributed by atoms with E-state index in [0.717, 1.165) is 25.2 Å². The molecule has 5 nitrogen and oxygen atoms in total. The molecule has 0 aliphatic carbocycles. The van der Waals surface area contributed by atoms with E-state index in [1.807, 2.05) is 18.4 Å². The van der Waals surface area contributed by atoms with Gasteiger partial charge >= 0.3 is 6.03 Å². The summed E-state index contributed by atoms with van der Waals surface area (Å²) in [6.45, 7) is 8.74. The van der Waals surface area contributed by atoms with Gasteiger partial charge in [-0.15, -0.1) is 11.3 Å². The van der Waals surface area contributed by atoms with Crippen molar-refractivity contribution < 1.29 is 4.79 Å². The monoisotopic (exact) mass is 346 g/mol. The lowest BCUT2D eigenvalue weighted by atomic mass is 10.0. The number of rotatable bonds is 8. The molecule has 0 aliphatic rings. The number of nitrogens with zero attached hydrogens (tertiary/aromatic N) is 2. The molecule has 2 N–H and O–H groups in total. The molecule has 0 saturated carbocycles. The van der Waals surface area contributed by atoms with E-state index >= 15 is 0 Å². The summed E-state index contributed by atoms with van der Waals surface area (Å²) in [4.78, 5) is 18.7. The number of nitrogens with one attached hydrogen (secondary N) is 2. The van der Waals surface area contributed by atoms with Gasteiger partial charge in [-0.2, -0.15) is 0 Å². The smallest absolute Gasteiger partial charge is 0.321 e. The molecule has 0 bridgehead atoms. The second kappa shape index (κ2) is 9.39. The topological polar surface area (TPSA) is 57.3 Å². The van der Waals surface area contributed by atoms with E-state index < -0.39 is 0 Å². The highest BCUT2D eigenvalue weighted by Gasteiger charge is 2.17. The molecule has 24 heavy (non-hydrogen) atoms. The van der Waals surface area contributed by atoms with Gasteiger partial charge < -0.3 is 5.32 Å². The number of aryl methyl sites for hydroxylation is 1. The van der Waals surface area contributed by atoms with Crippen LogP contribution in [0, 0.1) is 6.92 Å². The first-order valence-corrected chi connectivity index (χ1v) is 9.25. The van der Waals surface area contributed by atoms with E-state index in [4.69, 9.17) is 0 Å². The van der Waals surface area contributed by atoms with Crippen molar-refractivity contribution >= 4 is 22.5 Å². The standard InChI is InChI=1S/C18H26N4OS/c1-4-22(5-2)16(11-15-9-7-6-8-10-15)12-19-17(23)21-18-20-14(3)13-24-18/h6-10,13,16H,4-5,11-12H2,1-3H3,(H2,19,20,21,23). The van der Waals surface area contributed by atoms with Crippen LogP contribution in [0.4, 0.5) is 9.93 Å². The molecule has 1 unspecified atom stereocenters. The van der Waals surface area contributed by atoms with Crippen LogP contribution in [0.25, 0.3) is 0 Å². The molecule has 1 aromatic heterocycles. The molecule has 130 valence electrons. The Morgan fingerprint density at radius 1 is 1.25 bits per heavy atom. The first kappa shape index (κ1) is 18.4. The van der Waals surface area contributed by atoms with E-state index in [9.17, 15) is 4.79 Å². The molecule has 0 aliphatic heterocycles. The molecule has 2 amide bonds. The molecule has 2 rings (SSSR count). The van der Waals surface area contributed by atoms with Crippen LogP contribution in [-0.2, 0) is 6.42 Å². The van der Waals surface area contributed by atoms with Gasteiger partial charge in [-0.05, 0) is 32.0 Å². The number of thiazole rings is 1. The molecule has 0 radical (unpaired) electrons. The lowest BCUT2D eigenvalue weighted by Gasteiger charge is -2.30. The number of anilines is 1. The average Bonchev–Trinajstić information content (AvgIpc) is 2.99. The van der Waals surface area contributed by atoms with Gasteiger partial charge in [0, 0.05) is 18.0 Å². The maximum Gasteiger partial charge on any atom is 0.321 e. The van der Waals surface area contributed by atoms with Gasteiger partial charge in [-0.1, -0.05) is 44.2 Å². The molecule has 0 spiro atoms. The number of likely N-dealkylation sites (N-methyl/N-ethyl adjacent to an activating group) is 1. The van der Waals surface area contributed by atoms with E-state index in [2.05, 4.69) is 58.6 Å². The SMILES string of the molecule is CCN(CC)C(CNC(=O)Nc1nc(C)cs1)Cc1ccccc1. The molecular weight excluding hydrogens is 320 g/mol. The van der Waals surface area contributed by atoms with Crippen LogP contribution in [0.3, 0.4) is 0 Å². The highest BCUT2D eigenvalue weighted by Crippen LogP contribution is 2.14. The Morgan fingerprint density at radius 3 is 2.54 bits per heavy atom. The Labute approximate surface area is 148 Å². The summed E-state index contributed by atoms with van der Waals surface area (Å²) >= 11 is 1.44. The normalized spacial score (nSPS) is 12.2. The predicted molar refractivity (Wildman–Crippen MR) is 101 cm³/mol. The second-order valence-corrected chi connectivity index (χ2v) is 6.55. The summed E-state index contributed by atoms with van der Waals surface area (Å²) in [7, 11) is 0. The zero-order valence-electron chi connectivity index (χ0n) is 14.6. The maximum absolute atomic E-state index is 12.1. The molecular formula is C18H26N4OS. The summed E-state index contributed by atoms with van der Waals surface area (Å²) < 4.78 is 0. The Bertz CT molecular complexity index is 625. The van der Waals surface area contributed by atoms with Crippen LogP contribution >= 0.6 is 11.3 Å². The number of urea groups is 1. The van der Waals surface area contributed by atoms with Crippen LogP contribution in [-0.4, -0.2) is 41.6 Å². The highest BCUT2D eigenvalue weighted by molar-refractivity contribution is 7.13. The summed E-state index contributed by atoms with van der Waals surface area (Å²) in [5.41, 5.74) is 2.20. The highest BCUT2D eigenvalue weighted by atomic mass is 32.1. The Morgan fingerprint density at radius 2 is 1.96 bits per heavy atom. The van der Waals surface area contributed by atoms with Crippen molar-refractivity contribution in [1.82, 2.24) is 15.2 Å². The fraction of sp³-hybridized carbons (Fsp3) is 0.444. The maximum atomic E-state index is 12.1. The van der Waals surface area contributed by atoms with Crippen LogP contribution in [0.15, 0.2) is 35.7 Å². The number of amides is 2. The van der Waals surface area contributed by atoms with Crippen molar-refractivity contribution in [2.45, 2.75) is 33.2 Å². The van der Waals surface area contributed by atoms with E-state index in [1.54, 1.807) is 0 Å². The average molecular weight is 347 g/mol. The fourth-order valence-electron chi connectivity index (χ4n) is 2.72. The Balaban J connectivity index is 1.93. The Hall–Kier alpha value is -1.92. The molecule has 1 heterocycles. The number of aromatic nitrogens is 1. The van der Waals surface area contributed by atoms with Crippen molar-refractivity contribution in [3.8, 4) is 0 Å².